The summed E-state index contributed by atoms with van der Waals surface area (Å²) in [5.74, 6) is -0.211. The molecule has 3 nitrogen and oxygen atoms in total. The molecule has 0 fully saturated rings. The topological polar surface area (TPSA) is 42.0 Å². The van der Waals surface area contributed by atoms with Crippen molar-refractivity contribution in [1.82, 2.24) is 4.98 Å². The third-order valence-electron chi connectivity index (χ3n) is 3.74. The Morgan fingerprint density at radius 2 is 1.88 bits per heavy atom. The fraction of sp³-hybridized carbons (Fsp3) is 0.158. The van der Waals surface area contributed by atoms with E-state index in [1.807, 2.05) is 51.1 Å². The molecule has 0 spiro atoms. The lowest BCUT2D eigenvalue weighted by molar-refractivity contribution is 0.102. The predicted octanol–water partition coefficient (Wildman–Crippen LogP) is 6.29. The van der Waals surface area contributed by atoms with Gasteiger partial charge in [0.1, 0.15) is 9.88 Å². The number of thiazole rings is 1. The molecule has 6 heteroatoms. The van der Waals surface area contributed by atoms with Crippen LogP contribution >= 0.6 is 34.5 Å². The van der Waals surface area contributed by atoms with E-state index in [-0.39, 0.29) is 5.91 Å². The number of rotatable bonds is 3. The number of halogens is 2. The van der Waals surface area contributed by atoms with Crippen LogP contribution in [0.25, 0.3) is 10.6 Å². The smallest absolute Gasteiger partial charge is 0.267 e. The fourth-order valence-corrected chi connectivity index (χ4v) is 4.11. The van der Waals surface area contributed by atoms with E-state index in [0.29, 0.717) is 26.3 Å². The van der Waals surface area contributed by atoms with Crippen LogP contribution in [-0.2, 0) is 0 Å². The lowest BCUT2D eigenvalue weighted by Crippen LogP contribution is -2.13. The summed E-state index contributed by atoms with van der Waals surface area (Å²) >= 11 is 13.7. The first kappa shape index (κ1) is 17.9. The molecule has 25 heavy (non-hydrogen) atoms. The summed E-state index contributed by atoms with van der Waals surface area (Å²) in [7, 11) is 0. The summed E-state index contributed by atoms with van der Waals surface area (Å²) in [4.78, 5) is 17.8. The molecular formula is C19H16Cl2N2OS. The van der Waals surface area contributed by atoms with Crippen LogP contribution in [0.5, 0.6) is 0 Å². The number of hydrogen-bond donors (Lipinski definition) is 1. The number of carbonyl (C=O) groups excluding carboxylic acids is 1. The van der Waals surface area contributed by atoms with Crippen molar-refractivity contribution in [2.24, 2.45) is 0 Å². The van der Waals surface area contributed by atoms with Gasteiger partial charge < -0.3 is 5.32 Å². The van der Waals surface area contributed by atoms with E-state index >= 15 is 0 Å². The van der Waals surface area contributed by atoms with Crippen LogP contribution in [0.15, 0.2) is 36.4 Å². The van der Waals surface area contributed by atoms with E-state index in [1.54, 1.807) is 6.07 Å². The van der Waals surface area contributed by atoms with Crippen molar-refractivity contribution in [3.8, 4) is 10.6 Å². The molecule has 0 bridgehead atoms. The Morgan fingerprint density at radius 3 is 2.56 bits per heavy atom. The van der Waals surface area contributed by atoms with Crippen LogP contribution in [-0.4, -0.2) is 10.9 Å². The van der Waals surface area contributed by atoms with E-state index in [4.69, 9.17) is 23.2 Å². The summed E-state index contributed by atoms with van der Waals surface area (Å²) in [6, 6.07) is 11.2. The summed E-state index contributed by atoms with van der Waals surface area (Å²) in [6.45, 7) is 5.71. The summed E-state index contributed by atoms with van der Waals surface area (Å²) < 4.78 is 0. The van der Waals surface area contributed by atoms with Gasteiger partial charge in [-0.15, -0.1) is 11.3 Å². The number of carbonyl (C=O) groups is 1. The zero-order valence-corrected chi connectivity index (χ0v) is 16.3. The average Bonchev–Trinajstić information content (AvgIpc) is 2.93. The number of hydrogen-bond acceptors (Lipinski definition) is 3. The van der Waals surface area contributed by atoms with Crippen LogP contribution in [0.3, 0.4) is 0 Å². The van der Waals surface area contributed by atoms with Gasteiger partial charge in [-0.3, -0.25) is 4.79 Å². The van der Waals surface area contributed by atoms with Gasteiger partial charge in [-0.2, -0.15) is 0 Å². The minimum Gasteiger partial charge on any atom is -0.320 e. The normalized spacial score (nSPS) is 10.8. The highest BCUT2D eigenvalue weighted by molar-refractivity contribution is 7.17. The molecule has 128 valence electrons. The first-order valence-corrected chi connectivity index (χ1v) is 9.24. The number of nitrogens with one attached hydrogen (secondary N) is 1. The predicted molar refractivity (Wildman–Crippen MR) is 106 cm³/mol. The van der Waals surface area contributed by atoms with Crippen LogP contribution in [0.1, 0.15) is 26.5 Å². The van der Waals surface area contributed by atoms with E-state index in [1.165, 1.54) is 11.3 Å². The minimum atomic E-state index is -0.211. The standard InChI is InChI=1S/C19H16Cl2N2OS/c1-10-7-11(2)16(15(21)8-10)23-18(24)17-12(3)22-19(25-17)13-5-4-6-14(20)9-13/h4-9H,1-3H3,(H,23,24). The van der Waals surface area contributed by atoms with Crippen LogP contribution in [0, 0.1) is 20.8 Å². The molecule has 3 rings (SSSR count). The molecule has 3 aromatic rings. The van der Waals surface area contributed by atoms with Crippen LogP contribution in [0.2, 0.25) is 10.0 Å². The fourth-order valence-electron chi connectivity index (χ4n) is 2.60. The Kier molecular flexibility index (Phi) is 5.13. The lowest BCUT2D eigenvalue weighted by Gasteiger charge is -2.11. The molecule has 0 unspecified atom stereocenters. The Hall–Kier alpha value is -1.88. The molecule has 1 amide bonds. The maximum atomic E-state index is 12.7. The van der Waals surface area contributed by atoms with Gasteiger partial charge in [0, 0.05) is 10.6 Å². The van der Waals surface area contributed by atoms with Crippen molar-refractivity contribution < 1.29 is 4.79 Å². The number of aromatic nitrogens is 1. The third kappa shape index (κ3) is 3.87. The Morgan fingerprint density at radius 1 is 1.12 bits per heavy atom. The second-order valence-electron chi connectivity index (χ2n) is 5.84. The zero-order chi connectivity index (χ0) is 18.1. The van der Waals surface area contributed by atoms with Gasteiger partial charge >= 0.3 is 0 Å². The molecule has 0 aliphatic carbocycles. The summed E-state index contributed by atoms with van der Waals surface area (Å²) in [6.07, 6.45) is 0. The zero-order valence-electron chi connectivity index (χ0n) is 14.0. The third-order valence-corrected chi connectivity index (χ3v) is 5.48. The van der Waals surface area contributed by atoms with E-state index < -0.39 is 0 Å². The molecule has 0 atom stereocenters. The van der Waals surface area contributed by atoms with E-state index in [9.17, 15) is 4.79 Å². The highest BCUT2D eigenvalue weighted by atomic mass is 35.5. The highest BCUT2D eigenvalue weighted by Crippen LogP contribution is 2.32. The van der Waals surface area contributed by atoms with Gasteiger partial charge in [-0.25, -0.2) is 4.98 Å². The molecular weight excluding hydrogens is 375 g/mol. The maximum Gasteiger partial charge on any atom is 0.267 e. The average molecular weight is 391 g/mol. The lowest BCUT2D eigenvalue weighted by atomic mass is 10.1. The van der Waals surface area contributed by atoms with Crippen molar-refractivity contribution in [2.75, 3.05) is 5.32 Å². The second-order valence-corrected chi connectivity index (χ2v) is 7.68. The maximum absolute atomic E-state index is 12.7. The SMILES string of the molecule is Cc1cc(C)c(NC(=O)c2sc(-c3cccc(Cl)c3)nc2C)c(Cl)c1. The van der Waals surface area contributed by atoms with Gasteiger partial charge in [0.05, 0.1) is 16.4 Å². The highest BCUT2D eigenvalue weighted by Gasteiger charge is 2.18. The molecule has 0 aliphatic rings. The van der Waals surface area contributed by atoms with Gasteiger partial charge in [-0.05, 0) is 50.1 Å². The quantitative estimate of drug-likeness (QED) is 0.570. The molecule has 0 radical (unpaired) electrons. The van der Waals surface area contributed by atoms with Crippen LogP contribution < -0.4 is 5.32 Å². The molecule has 1 N–H and O–H groups in total. The molecule has 2 aromatic carbocycles. The molecule has 0 aliphatic heterocycles. The van der Waals surface area contributed by atoms with Crippen molar-refractivity contribution in [3.05, 3.63) is 68.1 Å². The summed E-state index contributed by atoms with van der Waals surface area (Å²) in [5.41, 5.74) is 4.19. The van der Waals surface area contributed by atoms with Gasteiger partial charge in [0.2, 0.25) is 0 Å². The Labute approximate surface area is 160 Å². The molecule has 1 heterocycles. The molecule has 1 aromatic heterocycles. The second kappa shape index (κ2) is 7.16. The van der Waals surface area contributed by atoms with E-state index in [2.05, 4.69) is 10.3 Å². The first-order valence-electron chi connectivity index (χ1n) is 7.66. The van der Waals surface area contributed by atoms with Gasteiger partial charge in [-0.1, -0.05) is 41.4 Å². The molecule has 0 saturated heterocycles. The van der Waals surface area contributed by atoms with E-state index in [0.717, 1.165) is 21.7 Å². The number of nitrogens with zero attached hydrogens (tertiary/aromatic N) is 1. The Balaban J connectivity index is 1.91. The van der Waals surface area contributed by atoms with Gasteiger partial charge in [0.25, 0.3) is 5.91 Å². The minimum absolute atomic E-state index is 0.211. The van der Waals surface area contributed by atoms with Crippen LogP contribution in [0.4, 0.5) is 5.69 Å². The van der Waals surface area contributed by atoms with Crippen molar-refractivity contribution in [3.63, 3.8) is 0 Å². The van der Waals surface area contributed by atoms with Crippen molar-refractivity contribution >= 4 is 46.1 Å². The largest absolute Gasteiger partial charge is 0.320 e. The monoisotopic (exact) mass is 390 g/mol. The number of amides is 1. The number of benzene rings is 2. The Bertz CT molecular complexity index is 943. The van der Waals surface area contributed by atoms with Crippen molar-refractivity contribution in [2.45, 2.75) is 20.8 Å². The summed E-state index contributed by atoms with van der Waals surface area (Å²) in [5, 5.41) is 4.84. The number of aryl methyl sites for hydroxylation is 3. The first-order chi connectivity index (χ1) is 11.8. The van der Waals surface area contributed by atoms with Gasteiger partial charge in [0.15, 0.2) is 0 Å². The molecule has 0 saturated carbocycles. The number of anilines is 1. The van der Waals surface area contributed by atoms with Crippen molar-refractivity contribution in [1.29, 1.82) is 0 Å².